The van der Waals surface area contributed by atoms with E-state index in [0.29, 0.717) is 23.1 Å². The molecular formula is C14H12ClNO3. The fraction of sp³-hybridized carbons (Fsp3) is 0.143. The number of ether oxygens (including phenoxy) is 2. The van der Waals surface area contributed by atoms with E-state index in [2.05, 4.69) is 4.98 Å². The van der Waals surface area contributed by atoms with Crippen LogP contribution >= 0.6 is 11.6 Å². The minimum atomic E-state index is -0.444. The van der Waals surface area contributed by atoms with Crippen molar-refractivity contribution < 1.29 is 14.3 Å². The van der Waals surface area contributed by atoms with E-state index in [0.717, 1.165) is 0 Å². The smallest absolute Gasteiger partial charge is 0.356 e. The quantitative estimate of drug-likeness (QED) is 0.800. The lowest BCUT2D eigenvalue weighted by Gasteiger charge is -2.06. The van der Waals surface area contributed by atoms with E-state index in [1.165, 1.54) is 6.20 Å². The highest BCUT2D eigenvalue weighted by Gasteiger charge is 2.08. The number of hydrogen-bond donors (Lipinski definition) is 0. The first kappa shape index (κ1) is 13.4. The Morgan fingerprint density at radius 1 is 1.16 bits per heavy atom. The van der Waals surface area contributed by atoms with Crippen LogP contribution in [0, 0.1) is 0 Å². The molecule has 0 fully saturated rings. The summed E-state index contributed by atoms with van der Waals surface area (Å²) in [7, 11) is 0. The molecule has 0 N–H and O–H groups in total. The molecule has 1 aromatic heterocycles. The molecule has 0 aliphatic heterocycles. The van der Waals surface area contributed by atoms with Gasteiger partial charge in [0.1, 0.15) is 17.2 Å². The maximum atomic E-state index is 11.4. The summed E-state index contributed by atoms with van der Waals surface area (Å²) in [6, 6.07) is 10.2. The van der Waals surface area contributed by atoms with E-state index in [4.69, 9.17) is 21.1 Å². The van der Waals surface area contributed by atoms with Crippen LogP contribution in [0.3, 0.4) is 0 Å². The molecule has 0 spiro atoms. The molecule has 5 heteroatoms. The maximum Gasteiger partial charge on any atom is 0.356 e. The van der Waals surface area contributed by atoms with E-state index < -0.39 is 5.97 Å². The van der Waals surface area contributed by atoms with Crippen molar-refractivity contribution in [2.75, 3.05) is 6.61 Å². The van der Waals surface area contributed by atoms with Gasteiger partial charge in [-0.05, 0) is 43.3 Å². The third-order valence-corrected chi connectivity index (χ3v) is 2.52. The summed E-state index contributed by atoms with van der Waals surface area (Å²) in [5.41, 5.74) is 0.255. The Morgan fingerprint density at radius 2 is 1.84 bits per heavy atom. The van der Waals surface area contributed by atoms with Crippen LogP contribution in [-0.4, -0.2) is 17.6 Å². The normalized spacial score (nSPS) is 10.0. The van der Waals surface area contributed by atoms with E-state index in [9.17, 15) is 4.79 Å². The molecule has 0 atom stereocenters. The molecular weight excluding hydrogens is 266 g/mol. The summed E-state index contributed by atoms with van der Waals surface area (Å²) < 4.78 is 10.4. The van der Waals surface area contributed by atoms with Crippen molar-refractivity contribution in [2.24, 2.45) is 0 Å². The molecule has 0 aliphatic carbocycles. The number of carbonyl (C=O) groups is 1. The Labute approximate surface area is 115 Å². The van der Waals surface area contributed by atoms with Crippen molar-refractivity contribution >= 4 is 17.6 Å². The van der Waals surface area contributed by atoms with Crippen LogP contribution in [0.2, 0.25) is 5.02 Å². The monoisotopic (exact) mass is 277 g/mol. The molecule has 1 aromatic carbocycles. The third kappa shape index (κ3) is 3.69. The summed E-state index contributed by atoms with van der Waals surface area (Å²) in [6.07, 6.45) is 1.47. The number of halogens is 1. The molecule has 2 rings (SSSR count). The average molecular weight is 278 g/mol. The fourth-order valence-corrected chi connectivity index (χ4v) is 1.53. The van der Waals surface area contributed by atoms with E-state index in [-0.39, 0.29) is 5.69 Å². The number of carbonyl (C=O) groups excluding carboxylic acids is 1. The standard InChI is InChI=1S/C14H12ClNO3/c1-2-18-14(17)13-8-7-12(9-16-13)19-11-5-3-10(15)4-6-11/h3-9H,2H2,1H3. The van der Waals surface area contributed by atoms with E-state index in [1.807, 2.05) is 0 Å². The van der Waals surface area contributed by atoms with Crippen LogP contribution in [0.5, 0.6) is 11.5 Å². The fourth-order valence-electron chi connectivity index (χ4n) is 1.41. The van der Waals surface area contributed by atoms with Crippen molar-refractivity contribution in [1.29, 1.82) is 0 Å². The van der Waals surface area contributed by atoms with Crippen molar-refractivity contribution in [1.82, 2.24) is 4.98 Å². The van der Waals surface area contributed by atoms with Crippen molar-refractivity contribution in [3.8, 4) is 11.5 Å². The van der Waals surface area contributed by atoms with Gasteiger partial charge in [-0.3, -0.25) is 0 Å². The summed E-state index contributed by atoms with van der Waals surface area (Å²) in [6.45, 7) is 2.07. The molecule has 0 amide bonds. The lowest BCUT2D eigenvalue weighted by molar-refractivity contribution is 0.0519. The molecule has 0 radical (unpaired) electrons. The van der Waals surface area contributed by atoms with E-state index >= 15 is 0 Å². The van der Waals surface area contributed by atoms with Gasteiger partial charge in [-0.25, -0.2) is 9.78 Å². The number of pyridine rings is 1. The summed E-state index contributed by atoms with van der Waals surface area (Å²) in [5.74, 6) is 0.742. The summed E-state index contributed by atoms with van der Waals surface area (Å²) in [4.78, 5) is 15.4. The Kier molecular flexibility index (Phi) is 4.36. The number of aromatic nitrogens is 1. The molecule has 19 heavy (non-hydrogen) atoms. The SMILES string of the molecule is CCOC(=O)c1ccc(Oc2ccc(Cl)cc2)cn1. The minimum absolute atomic E-state index is 0.255. The number of hydrogen-bond acceptors (Lipinski definition) is 4. The minimum Gasteiger partial charge on any atom is -0.461 e. The highest BCUT2D eigenvalue weighted by molar-refractivity contribution is 6.30. The lowest BCUT2D eigenvalue weighted by atomic mass is 10.3. The molecule has 0 saturated carbocycles. The van der Waals surface area contributed by atoms with Gasteiger partial charge in [-0.2, -0.15) is 0 Å². The van der Waals surface area contributed by atoms with Gasteiger partial charge in [0.15, 0.2) is 0 Å². The van der Waals surface area contributed by atoms with Gasteiger partial charge < -0.3 is 9.47 Å². The van der Waals surface area contributed by atoms with Crippen molar-refractivity contribution in [3.05, 3.63) is 53.3 Å². The summed E-state index contributed by atoms with van der Waals surface area (Å²) in [5, 5.41) is 0.642. The second kappa shape index (κ2) is 6.20. The van der Waals surface area contributed by atoms with Crippen LogP contribution in [0.25, 0.3) is 0 Å². The number of nitrogens with zero attached hydrogens (tertiary/aromatic N) is 1. The number of esters is 1. The molecule has 0 aliphatic rings. The largest absolute Gasteiger partial charge is 0.461 e. The second-order valence-corrected chi connectivity index (χ2v) is 4.09. The van der Waals surface area contributed by atoms with Gasteiger partial charge in [-0.1, -0.05) is 11.6 Å². The third-order valence-electron chi connectivity index (χ3n) is 2.27. The first-order valence-corrected chi connectivity index (χ1v) is 6.13. The predicted molar refractivity (Wildman–Crippen MR) is 71.7 cm³/mol. The average Bonchev–Trinajstić information content (AvgIpc) is 2.42. The van der Waals surface area contributed by atoms with Crippen LogP contribution in [-0.2, 0) is 4.74 Å². The first-order chi connectivity index (χ1) is 9.19. The molecule has 0 bridgehead atoms. The zero-order valence-corrected chi connectivity index (χ0v) is 11.1. The first-order valence-electron chi connectivity index (χ1n) is 5.75. The van der Waals surface area contributed by atoms with Gasteiger partial charge in [0, 0.05) is 5.02 Å². The lowest BCUT2D eigenvalue weighted by Crippen LogP contribution is -2.06. The molecule has 4 nitrogen and oxygen atoms in total. The molecule has 1 heterocycles. The van der Waals surface area contributed by atoms with Crippen LogP contribution in [0.15, 0.2) is 42.6 Å². The highest BCUT2D eigenvalue weighted by Crippen LogP contribution is 2.22. The molecule has 0 unspecified atom stereocenters. The van der Waals surface area contributed by atoms with E-state index in [1.54, 1.807) is 43.3 Å². The number of benzene rings is 1. The molecule has 98 valence electrons. The van der Waals surface area contributed by atoms with Gasteiger partial charge in [0.25, 0.3) is 0 Å². The molecule has 0 saturated heterocycles. The second-order valence-electron chi connectivity index (χ2n) is 3.66. The number of rotatable bonds is 4. The van der Waals surface area contributed by atoms with Gasteiger partial charge >= 0.3 is 5.97 Å². The van der Waals surface area contributed by atoms with Crippen molar-refractivity contribution in [2.45, 2.75) is 6.92 Å². The summed E-state index contributed by atoms with van der Waals surface area (Å²) >= 11 is 5.78. The van der Waals surface area contributed by atoms with Crippen molar-refractivity contribution in [3.63, 3.8) is 0 Å². The van der Waals surface area contributed by atoms with Gasteiger partial charge in [0.05, 0.1) is 12.8 Å². The zero-order valence-electron chi connectivity index (χ0n) is 10.3. The topological polar surface area (TPSA) is 48.4 Å². The Hall–Kier alpha value is -2.07. The predicted octanol–water partition coefficient (Wildman–Crippen LogP) is 3.70. The maximum absolute atomic E-state index is 11.4. The molecule has 2 aromatic rings. The van der Waals surface area contributed by atoms with Crippen LogP contribution in [0.1, 0.15) is 17.4 Å². The van der Waals surface area contributed by atoms with Gasteiger partial charge in [0.2, 0.25) is 0 Å². The Bertz CT molecular complexity index is 552. The Balaban J connectivity index is 2.06. The van der Waals surface area contributed by atoms with Gasteiger partial charge in [-0.15, -0.1) is 0 Å². The van der Waals surface area contributed by atoms with Crippen LogP contribution in [0.4, 0.5) is 0 Å². The highest BCUT2D eigenvalue weighted by atomic mass is 35.5. The van der Waals surface area contributed by atoms with Crippen LogP contribution < -0.4 is 4.74 Å². The zero-order chi connectivity index (χ0) is 13.7. The Morgan fingerprint density at radius 3 is 2.42 bits per heavy atom.